The lowest BCUT2D eigenvalue weighted by molar-refractivity contribution is 0.0595. The summed E-state index contributed by atoms with van der Waals surface area (Å²) in [6, 6.07) is 7.43. The van der Waals surface area contributed by atoms with Gasteiger partial charge in [-0.1, -0.05) is 0 Å². The van der Waals surface area contributed by atoms with Gasteiger partial charge in [0, 0.05) is 11.3 Å². The van der Waals surface area contributed by atoms with Gasteiger partial charge in [0.15, 0.2) is 0 Å². The van der Waals surface area contributed by atoms with Crippen LogP contribution in [-0.4, -0.2) is 25.2 Å². The van der Waals surface area contributed by atoms with Crippen LogP contribution in [0.2, 0.25) is 0 Å². The van der Waals surface area contributed by atoms with Gasteiger partial charge in [-0.2, -0.15) is 0 Å². The normalized spacial score (nSPS) is 10.2. The van der Waals surface area contributed by atoms with Crippen LogP contribution in [0.3, 0.4) is 0 Å². The van der Waals surface area contributed by atoms with Crippen molar-refractivity contribution in [1.29, 1.82) is 0 Å². The highest BCUT2D eigenvalue weighted by atomic mass is 19.1. The van der Waals surface area contributed by atoms with Gasteiger partial charge in [-0.25, -0.2) is 9.18 Å². The van der Waals surface area contributed by atoms with Gasteiger partial charge >= 0.3 is 5.97 Å². The van der Waals surface area contributed by atoms with Crippen molar-refractivity contribution in [3.05, 3.63) is 41.8 Å². The average Bonchev–Trinajstić information content (AvgIpc) is 2.87. The zero-order chi connectivity index (χ0) is 13.1. The Morgan fingerprint density at radius 3 is 2.67 bits per heavy atom. The van der Waals surface area contributed by atoms with E-state index < -0.39 is 5.97 Å². The number of H-pyrrole nitrogens is 1. The van der Waals surface area contributed by atoms with E-state index in [1.165, 1.54) is 32.4 Å². The Morgan fingerprint density at radius 2 is 2.00 bits per heavy atom. The summed E-state index contributed by atoms with van der Waals surface area (Å²) in [7, 11) is 2.80. The van der Waals surface area contributed by atoms with E-state index in [4.69, 9.17) is 4.74 Å². The highest BCUT2D eigenvalue weighted by Gasteiger charge is 2.12. The van der Waals surface area contributed by atoms with Crippen LogP contribution in [0.1, 0.15) is 10.5 Å². The molecule has 5 heteroatoms. The van der Waals surface area contributed by atoms with Crippen molar-refractivity contribution in [2.45, 2.75) is 0 Å². The summed E-state index contributed by atoms with van der Waals surface area (Å²) in [5.41, 5.74) is 1.44. The number of aromatic amines is 1. The fourth-order valence-corrected chi connectivity index (χ4v) is 1.67. The standard InChI is InChI=1S/C13H12FNO3/c1-17-12-6-3-8(14)7-9(12)10-4-5-11(15-10)13(16)18-2/h3-7,15H,1-2H3. The van der Waals surface area contributed by atoms with Crippen LogP contribution in [-0.2, 0) is 4.74 Å². The highest BCUT2D eigenvalue weighted by Crippen LogP contribution is 2.29. The van der Waals surface area contributed by atoms with E-state index in [0.29, 0.717) is 22.7 Å². The lowest BCUT2D eigenvalue weighted by Gasteiger charge is -2.06. The topological polar surface area (TPSA) is 51.3 Å². The van der Waals surface area contributed by atoms with Crippen LogP contribution in [0.25, 0.3) is 11.3 Å². The zero-order valence-electron chi connectivity index (χ0n) is 9.99. The van der Waals surface area contributed by atoms with E-state index in [1.807, 2.05) is 0 Å². The largest absolute Gasteiger partial charge is 0.496 e. The SMILES string of the molecule is COC(=O)c1ccc(-c2cc(F)ccc2OC)[nH]1. The van der Waals surface area contributed by atoms with Crippen LogP contribution in [0.5, 0.6) is 5.75 Å². The monoisotopic (exact) mass is 249 g/mol. The number of aromatic nitrogens is 1. The number of esters is 1. The van der Waals surface area contributed by atoms with E-state index in [2.05, 4.69) is 9.72 Å². The van der Waals surface area contributed by atoms with Gasteiger partial charge in [0.1, 0.15) is 17.3 Å². The molecule has 0 radical (unpaired) electrons. The third-order valence-corrected chi connectivity index (χ3v) is 2.54. The summed E-state index contributed by atoms with van der Waals surface area (Å²) in [5.74, 6) is -0.327. The van der Waals surface area contributed by atoms with Gasteiger partial charge in [0.05, 0.1) is 14.2 Å². The van der Waals surface area contributed by atoms with Crippen LogP contribution >= 0.6 is 0 Å². The molecule has 4 nitrogen and oxygen atoms in total. The van der Waals surface area contributed by atoms with E-state index in [9.17, 15) is 9.18 Å². The molecule has 1 heterocycles. The molecule has 1 aromatic heterocycles. The smallest absolute Gasteiger partial charge is 0.354 e. The molecule has 18 heavy (non-hydrogen) atoms. The summed E-state index contributed by atoms with van der Waals surface area (Å²) in [6.45, 7) is 0. The van der Waals surface area contributed by atoms with Gasteiger partial charge in [0.2, 0.25) is 0 Å². The van der Waals surface area contributed by atoms with Crippen LogP contribution in [0.15, 0.2) is 30.3 Å². The number of halogens is 1. The Bertz CT molecular complexity index is 577. The molecule has 0 spiro atoms. The summed E-state index contributed by atoms with van der Waals surface area (Å²) < 4.78 is 23.0. The summed E-state index contributed by atoms with van der Waals surface area (Å²) in [5, 5.41) is 0. The van der Waals surface area contributed by atoms with Crippen molar-refractivity contribution in [3.63, 3.8) is 0 Å². The minimum Gasteiger partial charge on any atom is -0.496 e. The van der Waals surface area contributed by atoms with Crippen molar-refractivity contribution >= 4 is 5.97 Å². The Kier molecular flexibility index (Phi) is 3.32. The van der Waals surface area contributed by atoms with Crippen LogP contribution < -0.4 is 4.74 Å². The molecule has 0 fully saturated rings. The van der Waals surface area contributed by atoms with Crippen LogP contribution in [0, 0.1) is 5.82 Å². The first-order valence-corrected chi connectivity index (χ1v) is 5.27. The third kappa shape index (κ3) is 2.20. The fourth-order valence-electron chi connectivity index (χ4n) is 1.67. The molecule has 0 aliphatic heterocycles. The lowest BCUT2D eigenvalue weighted by atomic mass is 10.1. The van der Waals surface area contributed by atoms with Crippen molar-refractivity contribution in [2.75, 3.05) is 14.2 Å². The quantitative estimate of drug-likeness (QED) is 0.851. The van der Waals surface area contributed by atoms with Crippen molar-refractivity contribution in [2.24, 2.45) is 0 Å². The maximum absolute atomic E-state index is 13.2. The lowest BCUT2D eigenvalue weighted by Crippen LogP contribution is -2.01. The van der Waals surface area contributed by atoms with E-state index in [-0.39, 0.29) is 5.82 Å². The second kappa shape index (κ2) is 4.91. The minimum absolute atomic E-state index is 0.304. The molecule has 2 rings (SSSR count). The molecule has 0 atom stereocenters. The number of carbonyl (C=O) groups excluding carboxylic acids is 1. The molecule has 0 saturated heterocycles. The summed E-state index contributed by atoms with van der Waals surface area (Å²) in [4.78, 5) is 14.2. The molecule has 1 aromatic carbocycles. The number of benzene rings is 1. The molecule has 0 bridgehead atoms. The second-order valence-electron chi connectivity index (χ2n) is 3.62. The number of hydrogen-bond donors (Lipinski definition) is 1. The molecular weight excluding hydrogens is 237 g/mol. The number of rotatable bonds is 3. The van der Waals surface area contributed by atoms with Gasteiger partial charge < -0.3 is 14.5 Å². The zero-order valence-corrected chi connectivity index (χ0v) is 9.99. The molecule has 1 N–H and O–H groups in total. The van der Waals surface area contributed by atoms with E-state index in [0.717, 1.165) is 0 Å². The third-order valence-electron chi connectivity index (χ3n) is 2.54. The predicted molar refractivity (Wildman–Crippen MR) is 64.1 cm³/mol. The molecule has 0 aliphatic carbocycles. The summed E-state index contributed by atoms with van der Waals surface area (Å²) in [6.07, 6.45) is 0. The van der Waals surface area contributed by atoms with E-state index in [1.54, 1.807) is 12.1 Å². The summed E-state index contributed by atoms with van der Waals surface area (Å²) >= 11 is 0. The maximum Gasteiger partial charge on any atom is 0.354 e. The first-order valence-electron chi connectivity index (χ1n) is 5.27. The Balaban J connectivity index is 2.45. The molecule has 0 aliphatic rings. The number of methoxy groups -OCH3 is 2. The van der Waals surface area contributed by atoms with Crippen molar-refractivity contribution in [3.8, 4) is 17.0 Å². The maximum atomic E-state index is 13.2. The Hall–Kier alpha value is -2.30. The fraction of sp³-hybridized carbons (Fsp3) is 0.154. The van der Waals surface area contributed by atoms with Crippen molar-refractivity contribution < 1.29 is 18.7 Å². The molecule has 0 amide bonds. The number of hydrogen-bond acceptors (Lipinski definition) is 3. The molecular formula is C13H12FNO3. The molecule has 2 aromatic rings. The molecule has 0 unspecified atom stereocenters. The molecule has 94 valence electrons. The van der Waals surface area contributed by atoms with E-state index >= 15 is 0 Å². The van der Waals surface area contributed by atoms with Crippen LogP contribution in [0.4, 0.5) is 4.39 Å². The average molecular weight is 249 g/mol. The first-order chi connectivity index (χ1) is 8.65. The van der Waals surface area contributed by atoms with Gasteiger partial charge in [-0.05, 0) is 30.3 Å². The number of ether oxygens (including phenoxy) is 2. The highest BCUT2D eigenvalue weighted by molar-refractivity contribution is 5.88. The van der Waals surface area contributed by atoms with Gasteiger partial charge in [0.25, 0.3) is 0 Å². The predicted octanol–water partition coefficient (Wildman–Crippen LogP) is 2.62. The number of carbonyl (C=O) groups is 1. The first kappa shape index (κ1) is 12.2. The minimum atomic E-state index is -0.475. The second-order valence-corrected chi connectivity index (χ2v) is 3.62. The van der Waals surface area contributed by atoms with Gasteiger partial charge in [-0.3, -0.25) is 0 Å². The Labute approximate surface area is 103 Å². The van der Waals surface area contributed by atoms with Crippen molar-refractivity contribution in [1.82, 2.24) is 4.98 Å². The Morgan fingerprint density at radius 1 is 1.22 bits per heavy atom. The molecule has 0 saturated carbocycles. The van der Waals surface area contributed by atoms with Gasteiger partial charge in [-0.15, -0.1) is 0 Å². The number of nitrogens with one attached hydrogen (secondary N) is 1.